The lowest BCUT2D eigenvalue weighted by Gasteiger charge is -2.24. The molecule has 0 aromatic carbocycles. The fourth-order valence-electron chi connectivity index (χ4n) is 3.49. The van der Waals surface area contributed by atoms with Gasteiger partial charge in [-0.25, -0.2) is 13.1 Å². The largest absolute Gasteiger partial charge is 0.361 e. The molecule has 0 bridgehead atoms. The minimum absolute atomic E-state index is 0.0183. The number of aromatic nitrogens is 1. The van der Waals surface area contributed by atoms with Crippen molar-refractivity contribution in [3.05, 3.63) is 17.5 Å². The van der Waals surface area contributed by atoms with Gasteiger partial charge in [0.05, 0.1) is 12.3 Å². The van der Waals surface area contributed by atoms with Crippen molar-refractivity contribution in [3.8, 4) is 0 Å². The maximum Gasteiger partial charge on any atom is 0.223 e. The molecule has 164 valence electrons. The lowest BCUT2D eigenvalue weighted by Crippen LogP contribution is -2.45. The van der Waals surface area contributed by atoms with Crippen molar-refractivity contribution in [2.24, 2.45) is 11.8 Å². The zero-order chi connectivity index (χ0) is 21.6. The normalized spacial score (nSPS) is 21.6. The summed E-state index contributed by atoms with van der Waals surface area (Å²) in [6.07, 6.45) is 1.84. The van der Waals surface area contributed by atoms with E-state index in [4.69, 9.17) is 4.52 Å². The quantitative estimate of drug-likeness (QED) is 0.673. The molecule has 10 heteroatoms. The molecule has 0 saturated carbocycles. The predicted octanol–water partition coefficient (Wildman–Crippen LogP) is 1.19. The van der Waals surface area contributed by atoms with Crippen LogP contribution in [-0.4, -0.2) is 55.7 Å². The number of nitrogens with one attached hydrogen (secondary N) is 2. The van der Waals surface area contributed by atoms with Crippen molar-refractivity contribution in [3.63, 3.8) is 0 Å². The van der Waals surface area contributed by atoms with Gasteiger partial charge in [0.1, 0.15) is 11.5 Å². The van der Waals surface area contributed by atoms with Crippen LogP contribution >= 0.6 is 0 Å². The van der Waals surface area contributed by atoms with Gasteiger partial charge in [-0.1, -0.05) is 25.4 Å². The van der Waals surface area contributed by atoms with E-state index >= 15 is 0 Å². The van der Waals surface area contributed by atoms with E-state index in [1.165, 1.54) is 4.90 Å². The molecule has 2 heterocycles. The first-order valence-corrected chi connectivity index (χ1v) is 11.6. The number of likely N-dealkylation sites (N-methyl/N-ethyl adjacent to an activating group) is 1. The molecule has 1 saturated heterocycles. The third-order valence-electron chi connectivity index (χ3n) is 4.84. The van der Waals surface area contributed by atoms with Gasteiger partial charge in [-0.15, -0.1) is 0 Å². The second-order valence-corrected chi connectivity index (χ2v) is 10.0. The number of carbonyl (C=O) groups is 2. The molecule has 1 fully saturated rings. The Hall–Kier alpha value is -1.94. The molecule has 2 N–H and O–H groups in total. The molecule has 1 aliphatic rings. The minimum Gasteiger partial charge on any atom is -0.361 e. The zero-order valence-corrected chi connectivity index (χ0v) is 18.4. The molecular weight excluding hydrogens is 396 g/mol. The van der Waals surface area contributed by atoms with Gasteiger partial charge in [0.15, 0.2) is 0 Å². The maximum atomic E-state index is 12.6. The van der Waals surface area contributed by atoms with Crippen LogP contribution in [0, 0.1) is 18.8 Å². The first kappa shape index (κ1) is 23.3. The van der Waals surface area contributed by atoms with Gasteiger partial charge in [-0.3, -0.25) is 9.59 Å². The highest BCUT2D eigenvalue weighted by atomic mass is 32.2. The minimum atomic E-state index is -3.41. The van der Waals surface area contributed by atoms with Crippen LogP contribution in [0.4, 0.5) is 0 Å². The number of sulfonamides is 1. The summed E-state index contributed by atoms with van der Waals surface area (Å²) in [7, 11) is -1.77. The summed E-state index contributed by atoms with van der Waals surface area (Å²) in [5, 5.41) is 6.66. The summed E-state index contributed by atoms with van der Waals surface area (Å²) in [6.45, 7) is 6.01. The number of rotatable bonds is 7. The molecule has 9 nitrogen and oxygen atoms in total. The van der Waals surface area contributed by atoms with Gasteiger partial charge in [0, 0.05) is 38.0 Å². The van der Waals surface area contributed by atoms with Gasteiger partial charge in [-0.2, -0.15) is 0 Å². The molecule has 2 rings (SSSR count). The third-order valence-corrected chi connectivity index (χ3v) is 6.63. The van der Waals surface area contributed by atoms with Crippen LogP contribution in [0.25, 0.3) is 0 Å². The summed E-state index contributed by atoms with van der Waals surface area (Å²) in [5.74, 6) is -0.0925. The second kappa shape index (κ2) is 10.2. The highest BCUT2D eigenvalue weighted by Gasteiger charge is 2.28. The average Bonchev–Trinajstić information content (AvgIpc) is 3.03. The van der Waals surface area contributed by atoms with Crippen LogP contribution in [0.15, 0.2) is 10.6 Å². The summed E-state index contributed by atoms with van der Waals surface area (Å²) < 4.78 is 32.3. The van der Waals surface area contributed by atoms with Gasteiger partial charge in [0.25, 0.3) is 0 Å². The van der Waals surface area contributed by atoms with E-state index in [-0.39, 0.29) is 42.5 Å². The Bertz CT molecular complexity index is 805. The topological polar surface area (TPSA) is 122 Å². The first-order chi connectivity index (χ1) is 13.6. The van der Waals surface area contributed by atoms with E-state index in [1.54, 1.807) is 20.0 Å². The van der Waals surface area contributed by atoms with E-state index in [2.05, 4.69) is 15.2 Å². The van der Waals surface area contributed by atoms with Gasteiger partial charge < -0.3 is 14.7 Å². The zero-order valence-electron chi connectivity index (χ0n) is 17.6. The standard InChI is InChI=1S/C19H32N4O5S/c1-13(2)12-29(26,27)22-16-7-5-6-15(9-18(24)23(4)11-16)19(25)20-10-17-8-14(3)28-21-17/h8,13,15-16,22H,5-7,9-12H2,1-4H3,(H,20,25)/t15-,16-/m1/s1. The van der Waals surface area contributed by atoms with Crippen molar-refractivity contribution in [1.82, 2.24) is 20.1 Å². The number of nitrogens with zero attached hydrogens (tertiary/aromatic N) is 2. The number of amides is 2. The van der Waals surface area contributed by atoms with Crippen molar-refractivity contribution in [2.75, 3.05) is 19.3 Å². The van der Waals surface area contributed by atoms with E-state index in [1.807, 2.05) is 13.8 Å². The SMILES string of the molecule is Cc1cc(CNC(=O)[C@@H]2CCC[C@@H](NS(=O)(=O)CC(C)C)CN(C)C(=O)C2)no1. The monoisotopic (exact) mass is 428 g/mol. The summed E-state index contributed by atoms with van der Waals surface area (Å²) >= 11 is 0. The Balaban J connectivity index is 1.97. The molecule has 1 aromatic rings. The molecular formula is C19H32N4O5S. The molecule has 29 heavy (non-hydrogen) atoms. The van der Waals surface area contributed by atoms with Gasteiger partial charge in [-0.05, 0) is 25.7 Å². The number of hydrogen-bond acceptors (Lipinski definition) is 6. The molecule has 0 unspecified atom stereocenters. The lowest BCUT2D eigenvalue weighted by atomic mass is 9.96. The summed E-state index contributed by atoms with van der Waals surface area (Å²) in [4.78, 5) is 26.6. The number of carbonyl (C=O) groups excluding carboxylic acids is 2. The van der Waals surface area contributed by atoms with E-state index in [0.717, 1.165) is 0 Å². The maximum absolute atomic E-state index is 12.6. The fourth-order valence-corrected chi connectivity index (χ4v) is 5.16. The number of hydrogen-bond donors (Lipinski definition) is 2. The molecule has 1 aromatic heterocycles. The van der Waals surface area contributed by atoms with Crippen molar-refractivity contribution >= 4 is 21.8 Å². The van der Waals surface area contributed by atoms with Crippen molar-refractivity contribution in [2.45, 2.75) is 59.0 Å². The van der Waals surface area contributed by atoms with Crippen LogP contribution in [0.3, 0.4) is 0 Å². The van der Waals surface area contributed by atoms with Gasteiger partial charge >= 0.3 is 0 Å². The highest BCUT2D eigenvalue weighted by Crippen LogP contribution is 2.19. The lowest BCUT2D eigenvalue weighted by molar-refractivity contribution is -0.135. The second-order valence-electron chi connectivity index (χ2n) is 8.24. The van der Waals surface area contributed by atoms with Crippen LogP contribution in [-0.2, 0) is 26.2 Å². The molecule has 1 aliphatic heterocycles. The Morgan fingerprint density at radius 1 is 1.38 bits per heavy atom. The first-order valence-electron chi connectivity index (χ1n) is 9.99. The molecule has 2 atom stereocenters. The van der Waals surface area contributed by atoms with Crippen LogP contribution < -0.4 is 10.0 Å². The van der Waals surface area contributed by atoms with Crippen molar-refractivity contribution < 1.29 is 22.5 Å². The molecule has 0 aliphatic carbocycles. The van der Waals surface area contributed by atoms with E-state index < -0.39 is 15.9 Å². The Kier molecular flexibility index (Phi) is 8.21. The van der Waals surface area contributed by atoms with Crippen molar-refractivity contribution in [1.29, 1.82) is 0 Å². The smallest absolute Gasteiger partial charge is 0.223 e. The van der Waals surface area contributed by atoms with E-state index in [0.29, 0.717) is 37.3 Å². The fraction of sp³-hybridized carbons (Fsp3) is 0.737. The summed E-state index contributed by atoms with van der Waals surface area (Å²) in [5.41, 5.74) is 0.627. The highest BCUT2D eigenvalue weighted by molar-refractivity contribution is 7.89. The predicted molar refractivity (Wildman–Crippen MR) is 108 cm³/mol. The summed E-state index contributed by atoms with van der Waals surface area (Å²) in [6, 6.07) is 1.39. The third kappa shape index (κ3) is 7.77. The van der Waals surface area contributed by atoms with Gasteiger partial charge in [0.2, 0.25) is 21.8 Å². The number of aryl methyl sites for hydroxylation is 1. The molecule has 2 amide bonds. The van der Waals surface area contributed by atoms with E-state index in [9.17, 15) is 18.0 Å². The van der Waals surface area contributed by atoms with Crippen LogP contribution in [0.1, 0.15) is 51.0 Å². The molecule has 0 radical (unpaired) electrons. The van der Waals surface area contributed by atoms with Crippen LogP contribution in [0.5, 0.6) is 0 Å². The molecule has 0 spiro atoms. The Labute approximate surface area is 172 Å². The Morgan fingerprint density at radius 2 is 2.10 bits per heavy atom. The van der Waals surface area contributed by atoms with Crippen LogP contribution in [0.2, 0.25) is 0 Å². The average molecular weight is 429 g/mol. The Morgan fingerprint density at radius 3 is 2.72 bits per heavy atom.